The smallest absolute Gasteiger partial charge is 0.115 e. The van der Waals surface area contributed by atoms with Crippen LogP contribution in [0.1, 0.15) is 0 Å². The molecule has 0 saturated heterocycles. The van der Waals surface area contributed by atoms with Crippen molar-refractivity contribution >= 4 is 33.9 Å². The van der Waals surface area contributed by atoms with Gasteiger partial charge < -0.3 is 10.4 Å². The number of fused-ring (bicyclic) bond motifs is 1. The lowest BCUT2D eigenvalue weighted by Gasteiger charge is -2.10. The molecule has 2 N–H and O–H groups in total. The Morgan fingerprint density at radius 2 is 1.79 bits per heavy atom. The lowest BCUT2D eigenvalue weighted by Crippen LogP contribution is -1.92. The van der Waals surface area contributed by atoms with Gasteiger partial charge in [0.25, 0.3) is 0 Å². The molecule has 0 atom stereocenters. The van der Waals surface area contributed by atoms with E-state index in [0.717, 1.165) is 22.3 Å². The molecule has 0 aliphatic rings. The molecule has 19 heavy (non-hydrogen) atoms. The Labute approximate surface area is 115 Å². The lowest BCUT2D eigenvalue weighted by atomic mass is 10.2. The van der Waals surface area contributed by atoms with Gasteiger partial charge in [0, 0.05) is 17.3 Å². The fourth-order valence-corrected chi connectivity index (χ4v) is 2.24. The lowest BCUT2D eigenvalue weighted by molar-refractivity contribution is 0.475. The van der Waals surface area contributed by atoms with Gasteiger partial charge in [-0.2, -0.15) is 0 Å². The van der Waals surface area contributed by atoms with E-state index in [1.807, 2.05) is 24.3 Å². The summed E-state index contributed by atoms with van der Waals surface area (Å²) < 4.78 is 0. The predicted octanol–water partition coefficient (Wildman–Crippen LogP) is 4.34. The quantitative estimate of drug-likeness (QED) is 0.681. The van der Waals surface area contributed by atoms with Gasteiger partial charge in [0.15, 0.2) is 0 Å². The van der Waals surface area contributed by atoms with Crippen LogP contribution in [0.25, 0.3) is 10.9 Å². The highest BCUT2D eigenvalue weighted by Crippen LogP contribution is 2.31. The monoisotopic (exact) mass is 270 g/mol. The van der Waals surface area contributed by atoms with Crippen molar-refractivity contribution in [1.29, 1.82) is 0 Å². The number of rotatable bonds is 2. The Bertz CT molecular complexity index is 721. The fourth-order valence-electron chi connectivity index (χ4n) is 1.97. The topological polar surface area (TPSA) is 45.1 Å². The zero-order chi connectivity index (χ0) is 13.2. The molecule has 0 aliphatic carbocycles. The summed E-state index contributed by atoms with van der Waals surface area (Å²) in [6.45, 7) is 0. The molecular weight excluding hydrogens is 260 g/mol. The van der Waals surface area contributed by atoms with Crippen molar-refractivity contribution in [3.8, 4) is 5.75 Å². The molecule has 3 rings (SSSR count). The summed E-state index contributed by atoms with van der Waals surface area (Å²) in [6, 6.07) is 14.4. The number of nitrogens with zero attached hydrogens (tertiary/aromatic N) is 1. The molecule has 1 heterocycles. The van der Waals surface area contributed by atoms with Crippen LogP contribution in [0.3, 0.4) is 0 Å². The number of aromatic nitrogens is 1. The van der Waals surface area contributed by atoms with Crippen molar-refractivity contribution in [2.24, 2.45) is 0 Å². The van der Waals surface area contributed by atoms with Crippen LogP contribution < -0.4 is 5.32 Å². The number of phenolic OH excluding ortho intramolecular Hbond substituents is 1. The van der Waals surface area contributed by atoms with Gasteiger partial charge in [0.1, 0.15) is 5.75 Å². The number of anilines is 2. The molecule has 94 valence electrons. The Hall–Kier alpha value is -2.26. The molecule has 0 unspecified atom stereocenters. The molecule has 0 spiro atoms. The molecule has 3 aromatic rings. The summed E-state index contributed by atoms with van der Waals surface area (Å²) in [7, 11) is 0. The Balaban J connectivity index is 2.08. The van der Waals surface area contributed by atoms with Crippen LogP contribution in [0.5, 0.6) is 5.75 Å². The summed E-state index contributed by atoms with van der Waals surface area (Å²) in [6.07, 6.45) is 1.74. The first-order valence-corrected chi connectivity index (χ1v) is 6.21. The van der Waals surface area contributed by atoms with Crippen LogP contribution in [0.2, 0.25) is 5.02 Å². The average Bonchev–Trinajstić information content (AvgIpc) is 2.42. The second kappa shape index (κ2) is 4.78. The van der Waals surface area contributed by atoms with Crippen molar-refractivity contribution in [2.45, 2.75) is 0 Å². The minimum Gasteiger partial charge on any atom is -0.508 e. The minimum absolute atomic E-state index is 0.239. The highest BCUT2D eigenvalue weighted by molar-refractivity contribution is 6.36. The fraction of sp³-hybridized carbons (Fsp3) is 0. The molecule has 1 aromatic heterocycles. The zero-order valence-corrected chi connectivity index (χ0v) is 10.7. The van der Waals surface area contributed by atoms with Gasteiger partial charge in [-0.15, -0.1) is 0 Å². The average molecular weight is 271 g/mol. The van der Waals surface area contributed by atoms with Gasteiger partial charge in [-0.05, 0) is 42.5 Å². The van der Waals surface area contributed by atoms with Gasteiger partial charge in [-0.3, -0.25) is 4.98 Å². The molecular formula is C15H11ClN2O. The third-order valence-electron chi connectivity index (χ3n) is 2.86. The maximum atomic E-state index is 9.28. The Morgan fingerprint density at radius 3 is 2.58 bits per heavy atom. The highest BCUT2D eigenvalue weighted by Gasteiger charge is 2.06. The summed E-state index contributed by atoms with van der Waals surface area (Å²) in [4.78, 5) is 4.29. The first kappa shape index (κ1) is 11.8. The van der Waals surface area contributed by atoms with E-state index in [-0.39, 0.29) is 5.75 Å². The maximum Gasteiger partial charge on any atom is 0.115 e. The number of phenols is 1. The van der Waals surface area contributed by atoms with E-state index >= 15 is 0 Å². The van der Waals surface area contributed by atoms with E-state index in [0.29, 0.717) is 5.02 Å². The summed E-state index contributed by atoms with van der Waals surface area (Å²) in [5.74, 6) is 0.239. The summed E-state index contributed by atoms with van der Waals surface area (Å²) in [5, 5.41) is 14.1. The van der Waals surface area contributed by atoms with Crippen LogP contribution in [-0.2, 0) is 0 Å². The number of nitrogens with one attached hydrogen (secondary N) is 1. The SMILES string of the molecule is Oc1ccc(Nc2ccnc3cccc(Cl)c23)cc1. The van der Waals surface area contributed by atoms with Gasteiger partial charge in [-0.1, -0.05) is 17.7 Å². The number of hydrogen-bond acceptors (Lipinski definition) is 3. The van der Waals surface area contributed by atoms with Crippen LogP contribution in [0.15, 0.2) is 54.7 Å². The second-order valence-electron chi connectivity index (χ2n) is 4.16. The molecule has 0 saturated carbocycles. The Kier molecular flexibility index (Phi) is 2.97. The summed E-state index contributed by atoms with van der Waals surface area (Å²) in [5.41, 5.74) is 2.61. The van der Waals surface area contributed by atoms with E-state index in [2.05, 4.69) is 10.3 Å². The molecule has 0 fully saturated rings. The predicted molar refractivity (Wildman–Crippen MR) is 78.1 cm³/mol. The van der Waals surface area contributed by atoms with Gasteiger partial charge >= 0.3 is 0 Å². The van der Waals surface area contributed by atoms with Crippen LogP contribution >= 0.6 is 11.6 Å². The van der Waals surface area contributed by atoms with Crippen molar-refractivity contribution in [1.82, 2.24) is 4.98 Å². The van der Waals surface area contributed by atoms with Crippen molar-refractivity contribution in [3.05, 3.63) is 59.8 Å². The molecule has 0 aliphatic heterocycles. The van der Waals surface area contributed by atoms with Gasteiger partial charge in [-0.25, -0.2) is 0 Å². The maximum absolute atomic E-state index is 9.28. The number of pyridine rings is 1. The molecule has 0 radical (unpaired) electrons. The normalized spacial score (nSPS) is 10.6. The standard InChI is InChI=1S/C15H11ClN2O/c16-12-2-1-3-13-15(12)14(8-9-17-13)18-10-4-6-11(19)7-5-10/h1-9,19H,(H,17,18). The second-order valence-corrected chi connectivity index (χ2v) is 4.57. The largest absolute Gasteiger partial charge is 0.508 e. The van der Waals surface area contributed by atoms with Crippen molar-refractivity contribution in [2.75, 3.05) is 5.32 Å². The van der Waals surface area contributed by atoms with E-state index in [1.54, 1.807) is 30.5 Å². The molecule has 0 amide bonds. The summed E-state index contributed by atoms with van der Waals surface area (Å²) >= 11 is 6.23. The minimum atomic E-state index is 0.239. The van der Waals surface area contributed by atoms with E-state index in [9.17, 15) is 5.11 Å². The number of aromatic hydroxyl groups is 1. The zero-order valence-electron chi connectivity index (χ0n) is 9.97. The van der Waals surface area contributed by atoms with Crippen molar-refractivity contribution < 1.29 is 5.11 Å². The molecule has 4 heteroatoms. The van der Waals surface area contributed by atoms with E-state index in [4.69, 9.17) is 11.6 Å². The van der Waals surface area contributed by atoms with Crippen molar-refractivity contribution in [3.63, 3.8) is 0 Å². The first-order valence-electron chi connectivity index (χ1n) is 5.83. The number of halogens is 1. The molecule has 3 nitrogen and oxygen atoms in total. The third-order valence-corrected chi connectivity index (χ3v) is 3.18. The number of hydrogen-bond donors (Lipinski definition) is 2. The Morgan fingerprint density at radius 1 is 1.00 bits per heavy atom. The van der Waals surface area contributed by atoms with Crippen LogP contribution in [0.4, 0.5) is 11.4 Å². The highest BCUT2D eigenvalue weighted by atomic mass is 35.5. The number of benzene rings is 2. The van der Waals surface area contributed by atoms with Gasteiger partial charge in [0.2, 0.25) is 0 Å². The van der Waals surface area contributed by atoms with Crippen LogP contribution in [-0.4, -0.2) is 10.1 Å². The third kappa shape index (κ3) is 2.33. The molecule has 0 bridgehead atoms. The van der Waals surface area contributed by atoms with E-state index < -0.39 is 0 Å². The molecule has 2 aromatic carbocycles. The van der Waals surface area contributed by atoms with Crippen LogP contribution in [0, 0.1) is 0 Å². The van der Waals surface area contributed by atoms with Gasteiger partial charge in [0.05, 0.1) is 16.2 Å². The first-order chi connectivity index (χ1) is 9.24. The van der Waals surface area contributed by atoms with E-state index in [1.165, 1.54) is 0 Å².